The second-order valence-corrected chi connectivity index (χ2v) is 8.41. The fraction of sp³-hybridized carbons (Fsp3) is 0.227. The average Bonchev–Trinajstić information content (AvgIpc) is 2.72. The van der Waals surface area contributed by atoms with E-state index in [4.69, 9.17) is 0 Å². The normalized spacial score (nSPS) is 11.1. The number of rotatable bonds is 7. The summed E-state index contributed by atoms with van der Waals surface area (Å²) >= 11 is 6.78. The molecule has 0 spiro atoms. The van der Waals surface area contributed by atoms with Crippen molar-refractivity contribution in [1.29, 1.82) is 0 Å². The summed E-state index contributed by atoms with van der Waals surface area (Å²) in [7, 11) is 0. The van der Waals surface area contributed by atoms with E-state index in [1.807, 2.05) is 19.1 Å². The molecule has 0 radical (unpaired) electrons. The molecule has 0 atom stereocenters. The fourth-order valence-electron chi connectivity index (χ4n) is 3.02. The molecule has 0 bridgehead atoms. The molecule has 30 heavy (non-hydrogen) atoms. The lowest BCUT2D eigenvalue weighted by atomic mass is 10.2. The Bertz CT molecular complexity index is 1050. The zero-order valence-corrected chi connectivity index (χ0v) is 20.2. The first-order valence-electron chi connectivity index (χ1n) is 9.59. The van der Waals surface area contributed by atoms with E-state index in [0.717, 1.165) is 28.8 Å². The molecule has 156 valence electrons. The van der Waals surface area contributed by atoms with E-state index in [0.29, 0.717) is 21.7 Å². The standard InChI is InChI=1S/C22H23Br2N5O/c1-4-29(5-2)17-8-6-15(7-9-17)13-25-28-20-10-14(3)26-22(27-20)18-11-16(23)12-19(24)21(18)30/h6-13,30H,4-5H2,1-3H3,(H,26,27,28). The van der Waals surface area contributed by atoms with E-state index in [-0.39, 0.29) is 5.75 Å². The lowest BCUT2D eigenvalue weighted by Gasteiger charge is -2.20. The number of benzene rings is 2. The number of nitrogens with one attached hydrogen (secondary N) is 1. The number of aromatic hydroxyl groups is 1. The molecular formula is C22H23Br2N5O. The Kier molecular flexibility index (Phi) is 7.44. The van der Waals surface area contributed by atoms with Crippen LogP contribution in [0.2, 0.25) is 0 Å². The van der Waals surface area contributed by atoms with Crippen LogP contribution in [-0.2, 0) is 0 Å². The van der Waals surface area contributed by atoms with Crippen molar-refractivity contribution in [3.05, 3.63) is 62.7 Å². The Labute approximate surface area is 193 Å². The van der Waals surface area contributed by atoms with Crippen molar-refractivity contribution in [2.75, 3.05) is 23.4 Å². The molecule has 0 aliphatic carbocycles. The summed E-state index contributed by atoms with van der Waals surface area (Å²) in [5, 5.41) is 14.7. The highest BCUT2D eigenvalue weighted by Gasteiger charge is 2.13. The van der Waals surface area contributed by atoms with Gasteiger partial charge in [-0.25, -0.2) is 9.97 Å². The number of nitrogens with zero attached hydrogens (tertiary/aromatic N) is 4. The van der Waals surface area contributed by atoms with E-state index in [1.165, 1.54) is 5.69 Å². The van der Waals surface area contributed by atoms with Gasteiger partial charge in [0, 0.05) is 35.0 Å². The second-order valence-electron chi connectivity index (χ2n) is 6.64. The molecule has 0 fully saturated rings. The van der Waals surface area contributed by atoms with Crippen LogP contribution in [0.3, 0.4) is 0 Å². The van der Waals surface area contributed by atoms with E-state index < -0.39 is 0 Å². The Balaban J connectivity index is 1.78. The average molecular weight is 533 g/mol. The van der Waals surface area contributed by atoms with Crippen molar-refractivity contribution in [3.8, 4) is 17.1 Å². The van der Waals surface area contributed by atoms with Crippen LogP contribution in [0.15, 0.2) is 56.5 Å². The van der Waals surface area contributed by atoms with Crippen LogP contribution in [-0.4, -0.2) is 34.4 Å². The van der Waals surface area contributed by atoms with Crippen molar-refractivity contribution in [3.63, 3.8) is 0 Å². The highest BCUT2D eigenvalue weighted by atomic mass is 79.9. The Morgan fingerprint density at radius 3 is 2.43 bits per heavy atom. The monoisotopic (exact) mass is 531 g/mol. The molecule has 0 saturated carbocycles. The number of halogens is 2. The predicted molar refractivity (Wildman–Crippen MR) is 130 cm³/mol. The number of hydrogen-bond donors (Lipinski definition) is 2. The van der Waals surface area contributed by atoms with Crippen LogP contribution in [0.25, 0.3) is 11.4 Å². The summed E-state index contributed by atoms with van der Waals surface area (Å²) in [6.07, 6.45) is 1.75. The fourth-order valence-corrected chi connectivity index (χ4v) is 4.24. The second kappa shape index (κ2) is 10.0. The van der Waals surface area contributed by atoms with Crippen molar-refractivity contribution < 1.29 is 5.11 Å². The molecule has 2 N–H and O–H groups in total. The third-order valence-electron chi connectivity index (χ3n) is 4.54. The van der Waals surface area contributed by atoms with Crippen molar-refractivity contribution in [2.24, 2.45) is 5.10 Å². The minimum Gasteiger partial charge on any atom is -0.506 e. The SMILES string of the molecule is CCN(CC)c1ccc(C=NNc2cc(C)nc(-c3cc(Br)cc(Br)c3O)n2)cc1. The number of phenolic OH excluding ortho intramolecular Hbond substituents is 1. The molecule has 1 aromatic heterocycles. The first-order valence-corrected chi connectivity index (χ1v) is 11.2. The molecule has 0 unspecified atom stereocenters. The van der Waals surface area contributed by atoms with Crippen LogP contribution in [0.5, 0.6) is 5.75 Å². The van der Waals surface area contributed by atoms with Crippen LogP contribution in [0, 0.1) is 6.92 Å². The van der Waals surface area contributed by atoms with E-state index >= 15 is 0 Å². The summed E-state index contributed by atoms with van der Waals surface area (Å²) in [6, 6.07) is 13.6. The summed E-state index contributed by atoms with van der Waals surface area (Å²) in [4.78, 5) is 11.2. The third-order valence-corrected chi connectivity index (χ3v) is 5.60. The van der Waals surface area contributed by atoms with E-state index in [2.05, 4.69) is 83.2 Å². The Morgan fingerprint density at radius 1 is 1.07 bits per heavy atom. The maximum atomic E-state index is 10.4. The summed E-state index contributed by atoms with van der Waals surface area (Å²) in [5.41, 5.74) is 6.42. The molecule has 1 heterocycles. The molecule has 6 nitrogen and oxygen atoms in total. The van der Waals surface area contributed by atoms with Gasteiger partial charge in [-0.05, 0) is 66.5 Å². The van der Waals surface area contributed by atoms with Crippen LogP contribution in [0.4, 0.5) is 11.5 Å². The first kappa shape index (κ1) is 22.2. The van der Waals surface area contributed by atoms with Gasteiger partial charge in [0.05, 0.1) is 16.3 Å². The molecule has 8 heteroatoms. The van der Waals surface area contributed by atoms with Gasteiger partial charge in [0.25, 0.3) is 0 Å². The lowest BCUT2D eigenvalue weighted by Crippen LogP contribution is -2.21. The maximum absolute atomic E-state index is 10.4. The molecule has 0 aliphatic heterocycles. The van der Waals surface area contributed by atoms with Gasteiger partial charge in [0.15, 0.2) is 11.6 Å². The summed E-state index contributed by atoms with van der Waals surface area (Å²) in [6.45, 7) is 8.12. The first-order chi connectivity index (χ1) is 14.4. The van der Waals surface area contributed by atoms with Gasteiger partial charge in [0.2, 0.25) is 0 Å². The number of hydrazone groups is 1. The van der Waals surface area contributed by atoms with Crippen LogP contribution >= 0.6 is 31.9 Å². The van der Waals surface area contributed by atoms with E-state index in [1.54, 1.807) is 24.4 Å². The Morgan fingerprint density at radius 2 is 1.77 bits per heavy atom. The summed E-state index contributed by atoms with van der Waals surface area (Å²) in [5.74, 6) is 1.05. The van der Waals surface area contributed by atoms with Gasteiger partial charge in [-0.1, -0.05) is 28.1 Å². The van der Waals surface area contributed by atoms with Crippen molar-refractivity contribution in [1.82, 2.24) is 9.97 Å². The third kappa shape index (κ3) is 5.37. The van der Waals surface area contributed by atoms with Gasteiger partial charge in [0.1, 0.15) is 5.75 Å². The maximum Gasteiger partial charge on any atom is 0.165 e. The zero-order chi connectivity index (χ0) is 21.7. The number of hydrogen-bond acceptors (Lipinski definition) is 6. The minimum absolute atomic E-state index is 0.0894. The highest BCUT2D eigenvalue weighted by molar-refractivity contribution is 9.11. The Hall–Kier alpha value is -2.45. The smallest absolute Gasteiger partial charge is 0.165 e. The predicted octanol–water partition coefficient (Wildman–Crippen LogP) is 5.97. The molecule has 0 amide bonds. The zero-order valence-electron chi connectivity index (χ0n) is 17.0. The molecule has 3 rings (SSSR count). The van der Waals surface area contributed by atoms with Gasteiger partial charge >= 0.3 is 0 Å². The van der Waals surface area contributed by atoms with Crippen molar-refractivity contribution >= 4 is 49.6 Å². The van der Waals surface area contributed by atoms with Gasteiger partial charge in [-0.3, -0.25) is 5.43 Å². The van der Waals surface area contributed by atoms with Gasteiger partial charge < -0.3 is 10.0 Å². The van der Waals surface area contributed by atoms with Crippen LogP contribution in [0.1, 0.15) is 25.1 Å². The van der Waals surface area contributed by atoms with Gasteiger partial charge in [-0.2, -0.15) is 5.10 Å². The molecule has 3 aromatic rings. The molecular weight excluding hydrogens is 510 g/mol. The largest absolute Gasteiger partial charge is 0.506 e. The van der Waals surface area contributed by atoms with Crippen molar-refractivity contribution in [2.45, 2.75) is 20.8 Å². The number of anilines is 2. The quantitative estimate of drug-likeness (QED) is 0.289. The minimum atomic E-state index is 0.0894. The highest BCUT2D eigenvalue weighted by Crippen LogP contribution is 2.37. The molecule has 0 saturated heterocycles. The molecule has 0 aliphatic rings. The number of aryl methyl sites for hydroxylation is 1. The lowest BCUT2D eigenvalue weighted by molar-refractivity contribution is 0.473. The summed E-state index contributed by atoms with van der Waals surface area (Å²) < 4.78 is 1.38. The topological polar surface area (TPSA) is 73.6 Å². The van der Waals surface area contributed by atoms with Gasteiger partial charge in [-0.15, -0.1) is 0 Å². The van der Waals surface area contributed by atoms with Crippen LogP contribution < -0.4 is 10.3 Å². The van der Waals surface area contributed by atoms with E-state index in [9.17, 15) is 5.11 Å². The number of aromatic nitrogens is 2. The number of phenols is 1. The molecule has 2 aromatic carbocycles.